The highest BCUT2D eigenvalue weighted by atomic mass is 79.9. The van der Waals surface area contributed by atoms with Crippen molar-refractivity contribution in [2.24, 2.45) is 12.9 Å². The summed E-state index contributed by atoms with van der Waals surface area (Å²) in [5.74, 6) is 5.35. The van der Waals surface area contributed by atoms with Crippen LogP contribution in [0.4, 0.5) is 4.39 Å². The van der Waals surface area contributed by atoms with Gasteiger partial charge in [-0.25, -0.2) is 4.39 Å². The SMILES string of the molecule is Cc1cc(C(Cc2ccc(Br)cc2F)NN)n(C)n1. The Hall–Kier alpha value is -1.24. The lowest BCUT2D eigenvalue weighted by Gasteiger charge is -2.16. The molecule has 0 radical (unpaired) electrons. The van der Waals surface area contributed by atoms with Crippen LogP contribution in [0.1, 0.15) is 23.0 Å². The Morgan fingerprint density at radius 1 is 1.47 bits per heavy atom. The van der Waals surface area contributed by atoms with Gasteiger partial charge < -0.3 is 0 Å². The molecule has 1 unspecified atom stereocenters. The van der Waals surface area contributed by atoms with Gasteiger partial charge in [0.1, 0.15) is 5.82 Å². The van der Waals surface area contributed by atoms with Crippen LogP contribution in [0.15, 0.2) is 28.7 Å². The zero-order valence-corrected chi connectivity index (χ0v) is 12.4. The van der Waals surface area contributed by atoms with Crippen LogP contribution in [-0.4, -0.2) is 9.78 Å². The van der Waals surface area contributed by atoms with Gasteiger partial charge in [-0.1, -0.05) is 22.0 Å². The van der Waals surface area contributed by atoms with E-state index in [2.05, 4.69) is 26.5 Å². The summed E-state index contributed by atoms with van der Waals surface area (Å²) in [5, 5.41) is 4.28. The highest BCUT2D eigenvalue weighted by Gasteiger charge is 2.17. The monoisotopic (exact) mass is 326 g/mol. The molecule has 1 aromatic heterocycles. The molecule has 0 saturated carbocycles. The summed E-state index contributed by atoms with van der Waals surface area (Å²) in [7, 11) is 1.85. The number of halogens is 2. The number of nitrogens with one attached hydrogen (secondary N) is 1. The Balaban J connectivity index is 2.26. The van der Waals surface area contributed by atoms with Gasteiger partial charge in [-0.2, -0.15) is 5.10 Å². The average Bonchev–Trinajstić information content (AvgIpc) is 2.68. The Bertz CT molecular complexity index is 582. The fourth-order valence-corrected chi connectivity index (χ4v) is 2.45. The summed E-state index contributed by atoms with van der Waals surface area (Å²) >= 11 is 3.25. The first-order valence-corrected chi connectivity index (χ1v) is 6.71. The Labute approximate surface area is 119 Å². The van der Waals surface area contributed by atoms with Crippen LogP contribution in [0, 0.1) is 12.7 Å². The maximum atomic E-state index is 13.8. The largest absolute Gasteiger partial charge is 0.271 e. The molecule has 0 aliphatic rings. The number of hydrogen-bond acceptors (Lipinski definition) is 3. The maximum absolute atomic E-state index is 13.8. The Morgan fingerprint density at radius 2 is 2.21 bits per heavy atom. The van der Waals surface area contributed by atoms with Crippen molar-refractivity contribution in [3.8, 4) is 0 Å². The summed E-state index contributed by atoms with van der Waals surface area (Å²) in [6.45, 7) is 1.91. The Morgan fingerprint density at radius 3 is 2.74 bits per heavy atom. The van der Waals surface area contributed by atoms with Gasteiger partial charge in [0, 0.05) is 11.5 Å². The van der Waals surface area contributed by atoms with Crippen LogP contribution in [0.3, 0.4) is 0 Å². The lowest BCUT2D eigenvalue weighted by molar-refractivity contribution is 0.495. The number of nitrogens with zero attached hydrogens (tertiary/aromatic N) is 2. The molecule has 6 heteroatoms. The number of aromatic nitrogens is 2. The molecule has 0 aliphatic heterocycles. The quantitative estimate of drug-likeness (QED) is 0.670. The zero-order chi connectivity index (χ0) is 14.0. The van der Waals surface area contributed by atoms with Crippen molar-refractivity contribution in [3.05, 3.63) is 51.5 Å². The number of hydrogen-bond donors (Lipinski definition) is 2. The molecule has 4 nitrogen and oxygen atoms in total. The van der Waals surface area contributed by atoms with E-state index < -0.39 is 0 Å². The first kappa shape index (κ1) is 14.2. The van der Waals surface area contributed by atoms with Crippen molar-refractivity contribution in [1.82, 2.24) is 15.2 Å². The molecule has 0 saturated heterocycles. The predicted molar refractivity (Wildman–Crippen MR) is 75.8 cm³/mol. The van der Waals surface area contributed by atoms with Gasteiger partial charge >= 0.3 is 0 Å². The molecular weight excluding hydrogens is 311 g/mol. The van der Waals surface area contributed by atoms with Crippen LogP contribution in [0.25, 0.3) is 0 Å². The maximum Gasteiger partial charge on any atom is 0.127 e. The molecule has 0 fully saturated rings. The summed E-state index contributed by atoms with van der Waals surface area (Å²) in [6.07, 6.45) is 0.467. The summed E-state index contributed by atoms with van der Waals surface area (Å²) in [4.78, 5) is 0. The van der Waals surface area contributed by atoms with Gasteiger partial charge in [0.25, 0.3) is 0 Å². The van der Waals surface area contributed by atoms with Crippen molar-refractivity contribution in [2.75, 3.05) is 0 Å². The third-order valence-corrected chi connectivity index (χ3v) is 3.53. The predicted octanol–water partition coefficient (Wildman–Crippen LogP) is 2.38. The van der Waals surface area contributed by atoms with Crippen LogP contribution in [0.2, 0.25) is 0 Å². The van der Waals surface area contributed by atoms with Crippen LogP contribution in [-0.2, 0) is 13.5 Å². The van der Waals surface area contributed by atoms with Gasteiger partial charge in [-0.05, 0) is 37.1 Å². The van der Waals surface area contributed by atoms with E-state index in [1.54, 1.807) is 10.7 Å². The zero-order valence-electron chi connectivity index (χ0n) is 10.8. The van der Waals surface area contributed by atoms with Crippen molar-refractivity contribution in [3.63, 3.8) is 0 Å². The van der Waals surface area contributed by atoms with Gasteiger partial charge in [0.15, 0.2) is 0 Å². The van der Waals surface area contributed by atoms with Gasteiger partial charge in [-0.3, -0.25) is 16.0 Å². The first-order chi connectivity index (χ1) is 9.01. The van der Waals surface area contributed by atoms with E-state index in [0.717, 1.165) is 15.9 Å². The molecule has 19 heavy (non-hydrogen) atoms. The third-order valence-electron chi connectivity index (χ3n) is 3.04. The molecule has 0 spiro atoms. The van der Waals surface area contributed by atoms with E-state index in [0.29, 0.717) is 12.0 Å². The normalized spacial score (nSPS) is 12.7. The van der Waals surface area contributed by atoms with E-state index >= 15 is 0 Å². The molecular formula is C13H16BrFN4. The van der Waals surface area contributed by atoms with Crippen molar-refractivity contribution in [2.45, 2.75) is 19.4 Å². The minimum Gasteiger partial charge on any atom is -0.271 e. The van der Waals surface area contributed by atoms with Crippen LogP contribution in [0.5, 0.6) is 0 Å². The number of nitrogens with two attached hydrogens (primary N) is 1. The Kier molecular flexibility index (Phi) is 4.34. The summed E-state index contributed by atoms with van der Waals surface area (Å²) in [5.41, 5.74) is 5.18. The summed E-state index contributed by atoms with van der Waals surface area (Å²) < 4.78 is 16.3. The highest BCUT2D eigenvalue weighted by Crippen LogP contribution is 2.22. The molecule has 102 valence electrons. The molecule has 1 aromatic carbocycles. The molecule has 1 atom stereocenters. The smallest absolute Gasteiger partial charge is 0.127 e. The highest BCUT2D eigenvalue weighted by molar-refractivity contribution is 9.10. The molecule has 0 amide bonds. The minimum absolute atomic E-state index is 0.179. The lowest BCUT2D eigenvalue weighted by atomic mass is 10.0. The van der Waals surface area contributed by atoms with E-state index in [1.807, 2.05) is 26.1 Å². The van der Waals surface area contributed by atoms with Gasteiger partial charge in [0.2, 0.25) is 0 Å². The number of aryl methyl sites for hydroxylation is 2. The van der Waals surface area contributed by atoms with Crippen molar-refractivity contribution >= 4 is 15.9 Å². The average molecular weight is 327 g/mol. The first-order valence-electron chi connectivity index (χ1n) is 5.92. The van der Waals surface area contributed by atoms with E-state index in [1.165, 1.54) is 6.07 Å². The van der Waals surface area contributed by atoms with Crippen LogP contribution >= 0.6 is 15.9 Å². The fourth-order valence-electron chi connectivity index (χ4n) is 2.11. The second-order valence-electron chi connectivity index (χ2n) is 4.49. The van der Waals surface area contributed by atoms with E-state index in [4.69, 9.17) is 5.84 Å². The number of benzene rings is 1. The minimum atomic E-state index is -0.242. The standard InChI is InChI=1S/C13H16BrFN4/c1-8-5-13(19(2)18-8)12(17-16)6-9-3-4-10(14)7-11(9)15/h3-5,7,12,17H,6,16H2,1-2H3. The number of rotatable bonds is 4. The molecule has 0 aliphatic carbocycles. The summed E-state index contributed by atoms with van der Waals surface area (Å²) in [6, 6.07) is 6.80. The van der Waals surface area contributed by atoms with Crippen molar-refractivity contribution in [1.29, 1.82) is 0 Å². The van der Waals surface area contributed by atoms with Gasteiger partial charge in [-0.15, -0.1) is 0 Å². The molecule has 2 rings (SSSR count). The lowest BCUT2D eigenvalue weighted by Crippen LogP contribution is -2.31. The van der Waals surface area contributed by atoms with E-state index in [-0.39, 0.29) is 11.9 Å². The van der Waals surface area contributed by atoms with Crippen LogP contribution < -0.4 is 11.3 Å². The fraction of sp³-hybridized carbons (Fsp3) is 0.308. The molecule has 0 bridgehead atoms. The van der Waals surface area contributed by atoms with Gasteiger partial charge in [0.05, 0.1) is 17.4 Å². The number of hydrazine groups is 1. The third kappa shape index (κ3) is 3.20. The topological polar surface area (TPSA) is 55.9 Å². The second kappa shape index (κ2) is 5.81. The second-order valence-corrected chi connectivity index (χ2v) is 5.41. The van der Waals surface area contributed by atoms with Crippen molar-refractivity contribution < 1.29 is 4.39 Å². The molecule has 2 aromatic rings. The van der Waals surface area contributed by atoms with E-state index in [9.17, 15) is 4.39 Å². The molecule has 3 N–H and O–H groups in total. The molecule has 1 heterocycles.